The monoisotopic (exact) mass is 283 g/mol. The van der Waals surface area contributed by atoms with Crippen molar-refractivity contribution in [2.24, 2.45) is 5.41 Å². The van der Waals surface area contributed by atoms with Gasteiger partial charge in [0.1, 0.15) is 5.69 Å². The molecule has 2 heterocycles. The van der Waals surface area contributed by atoms with Crippen LogP contribution in [0.5, 0.6) is 0 Å². The lowest BCUT2D eigenvalue weighted by Gasteiger charge is -2.34. The zero-order valence-electron chi connectivity index (χ0n) is 12.6. The number of nitrogens with one attached hydrogen (secondary N) is 1. The molecular formula is C16H21N5. The second-order valence-corrected chi connectivity index (χ2v) is 6.44. The third-order valence-corrected chi connectivity index (χ3v) is 4.15. The Bertz CT molecular complexity index is 587. The minimum atomic E-state index is 0.468. The lowest BCUT2D eigenvalue weighted by molar-refractivity contribution is 0.232. The van der Waals surface area contributed by atoms with Crippen LogP contribution >= 0.6 is 0 Å². The summed E-state index contributed by atoms with van der Waals surface area (Å²) in [6, 6.07) is 2.33. The SMILES string of the molecule is CC1(C)CCC(Nc2nccc(-c3cnccn3)n2)CC1. The van der Waals surface area contributed by atoms with Crippen molar-refractivity contribution >= 4 is 5.95 Å². The van der Waals surface area contributed by atoms with Gasteiger partial charge < -0.3 is 5.32 Å². The van der Waals surface area contributed by atoms with Crippen LogP contribution in [0.25, 0.3) is 11.4 Å². The molecule has 0 unspecified atom stereocenters. The van der Waals surface area contributed by atoms with Gasteiger partial charge in [-0.3, -0.25) is 9.97 Å². The van der Waals surface area contributed by atoms with Gasteiger partial charge in [-0.15, -0.1) is 0 Å². The first-order valence-corrected chi connectivity index (χ1v) is 7.48. The van der Waals surface area contributed by atoms with Crippen LogP contribution in [-0.4, -0.2) is 26.0 Å². The average molecular weight is 283 g/mol. The molecule has 0 radical (unpaired) electrons. The average Bonchev–Trinajstić information content (AvgIpc) is 2.51. The Labute approximate surface area is 125 Å². The molecular weight excluding hydrogens is 262 g/mol. The van der Waals surface area contributed by atoms with Crippen molar-refractivity contribution in [2.75, 3.05) is 5.32 Å². The Kier molecular flexibility index (Phi) is 3.82. The summed E-state index contributed by atoms with van der Waals surface area (Å²) in [5.41, 5.74) is 2.05. The van der Waals surface area contributed by atoms with Crippen molar-refractivity contribution in [3.8, 4) is 11.4 Å². The molecule has 5 nitrogen and oxygen atoms in total. The van der Waals surface area contributed by atoms with Crippen LogP contribution in [0.1, 0.15) is 39.5 Å². The molecule has 3 rings (SSSR count). The van der Waals surface area contributed by atoms with Gasteiger partial charge in [-0.05, 0) is 37.2 Å². The van der Waals surface area contributed by atoms with Crippen LogP contribution in [0.3, 0.4) is 0 Å². The van der Waals surface area contributed by atoms with E-state index in [-0.39, 0.29) is 0 Å². The van der Waals surface area contributed by atoms with E-state index in [2.05, 4.69) is 39.1 Å². The third kappa shape index (κ3) is 3.54. The number of anilines is 1. The summed E-state index contributed by atoms with van der Waals surface area (Å²) in [7, 11) is 0. The normalized spacial score (nSPS) is 18.4. The largest absolute Gasteiger partial charge is 0.351 e. The zero-order valence-corrected chi connectivity index (χ0v) is 12.6. The maximum atomic E-state index is 4.55. The summed E-state index contributed by atoms with van der Waals surface area (Å²) in [6.45, 7) is 4.68. The molecule has 1 N–H and O–H groups in total. The number of nitrogens with zero attached hydrogens (tertiary/aromatic N) is 4. The minimum Gasteiger partial charge on any atom is -0.351 e. The third-order valence-electron chi connectivity index (χ3n) is 4.15. The standard InChI is InChI=1S/C16H21N5/c1-16(2)6-3-12(4-7-16)20-15-19-8-5-13(21-15)14-11-17-9-10-18-14/h5,8-12H,3-4,6-7H2,1-2H3,(H,19,20,21). The van der Waals surface area contributed by atoms with E-state index in [1.807, 2.05) is 6.07 Å². The second kappa shape index (κ2) is 5.76. The highest BCUT2D eigenvalue weighted by Crippen LogP contribution is 2.35. The predicted octanol–water partition coefficient (Wildman–Crippen LogP) is 3.31. The van der Waals surface area contributed by atoms with Gasteiger partial charge in [-0.2, -0.15) is 0 Å². The van der Waals surface area contributed by atoms with E-state index in [1.165, 1.54) is 25.7 Å². The lowest BCUT2D eigenvalue weighted by atomic mass is 9.76. The molecule has 5 heteroatoms. The summed E-state index contributed by atoms with van der Waals surface area (Å²) in [5, 5.41) is 3.46. The molecule has 1 fully saturated rings. The Hall–Kier alpha value is -2.04. The van der Waals surface area contributed by atoms with Gasteiger partial charge in [0.05, 0.1) is 11.9 Å². The van der Waals surface area contributed by atoms with Crippen LogP contribution in [0.4, 0.5) is 5.95 Å². The summed E-state index contributed by atoms with van der Waals surface area (Å²) in [6.07, 6.45) is 11.7. The van der Waals surface area contributed by atoms with E-state index in [9.17, 15) is 0 Å². The fourth-order valence-corrected chi connectivity index (χ4v) is 2.73. The van der Waals surface area contributed by atoms with Crippen molar-refractivity contribution in [3.05, 3.63) is 30.9 Å². The summed E-state index contributed by atoms with van der Waals surface area (Å²) in [4.78, 5) is 17.2. The first-order chi connectivity index (χ1) is 10.1. The smallest absolute Gasteiger partial charge is 0.223 e. The van der Waals surface area contributed by atoms with E-state index in [0.29, 0.717) is 17.4 Å². The number of hydrogen-bond donors (Lipinski definition) is 1. The number of hydrogen-bond acceptors (Lipinski definition) is 5. The van der Waals surface area contributed by atoms with Crippen LogP contribution < -0.4 is 5.32 Å². The molecule has 1 aliphatic carbocycles. The van der Waals surface area contributed by atoms with Crippen molar-refractivity contribution in [2.45, 2.75) is 45.6 Å². The van der Waals surface area contributed by atoms with Crippen molar-refractivity contribution in [3.63, 3.8) is 0 Å². The minimum absolute atomic E-state index is 0.468. The van der Waals surface area contributed by atoms with E-state index >= 15 is 0 Å². The summed E-state index contributed by atoms with van der Waals surface area (Å²) >= 11 is 0. The molecule has 0 saturated heterocycles. The number of aromatic nitrogens is 4. The van der Waals surface area contributed by atoms with Gasteiger partial charge in [0, 0.05) is 24.6 Å². The van der Waals surface area contributed by atoms with E-state index in [4.69, 9.17) is 0 Å². The molecule has 0 spiro atoms. The van der Waals surface area contributed by atoms with E-state index < -0.39 is 0 Å². The first-order valence-electron chi connectivity index (χ1n) is 7.48. The van der Waals surface area contributed by atoms with Gasteiger partial charge >= 0.3 is 0 Å². The van der Waals surface area contributed by atoms with E-state index in [1.54, 1.807) is 24.8 Å². The molecule has 2 aromatic heterocycles. The molecule has 110 valence electrons. The topological polar surface area (TPSA) is 63.6 Å². The predicted molar refractivity (Wildman–Crippen MR) is 82.7 cm³/mol. The maximum Gasteiger partial charge on any atom is 0.223 e. The Balaban J connectivity index is 1.70. The van der Waals surface area contributed by atoms with Crippen LogP contribution in [0.2, 0.25) is 0 Å². The lowest BCUT2D eigenvalue weighted by Crippen LogP contribution is -2.30. The molecule has 0 aliphatic heterocycles. The highest BCUT2D eigenvalue weighted by Gasteiger charge is 2.27. The highest BCUT2D eigenvalue weighted by atomic mass is 15.1. The molecule has 1 saturated carbocycles. The van der Waals surface area contributed by atoms with Crippen LogP contribution in [-0.2, 0) is 0 Å². The summed E-state index contributed by atoms with van der Waals surface area (Å²) in [5.74, 6) is 0.683. The van der Waals surface area contributed by atoms with Gasteiger partial charge in [0.15, 0.2) is 0 Å². The number of rotatable bonds is 3. The first kappa shape index (κ1) is 13.9. The van der Waals surface area contributed by atoms with Crippen molar-refractivity contribution < 1.29 is 0 Å². The molecule has 1 aliphatic rings. The molecule has 2 aromatic rings. The zero-order chi connectivity index (χ0) is 14.7. The van der Waals surface area contributed by atoms with Gasteiger partial charge in [0.25, 0.3) is 0 Å². The Morgan fingerprint density at radius 2 is 1.86 bits per heavy atom. The van der Waals surface area contributed by atoms with Gasteiger partial charge in [-0.1, -0.05) is 13.8 Å². The maximum absolute atomic E-state index is 4.55. The van der Waals surface area contributed by atoms with Gasteiger partial charge in [0.2, 0.25) is 5.95 Å². The Morgan fingerprint density at radius 1 is 1.05 bits per heavy atom. The summed E-state index contributed by atoms with van der Waals surface area (Å²) < 4.78 is 0. The molecule has 0 amide bonds. The quantitative estimate of drug-likeness (QED) is 0.936. The van der Waals surface area contributed by atoms with Crippen LogP contribution in [0.15, 0.2) is 30.9 Å². The second-order valence-electron chi connectivity index (χ2n) is 6.44. The van der Waals surface area contributed by atoms with Crippen LogP contribution in [0, 0.1) is 5.41 Å². The molecule has 0 aromatic carbocycles. The molecule has 21 heavy (non-hydrogen) atoms. The Morgan fingerprint density at radius 3 is 2.57 bits per heavy atom. The fourth-order valence-electron chi connectivity index (χ4n) is 2.73. The highest BCUT2D eigenvalue weighted by molar-refractivity contribution is 5.53. The van der Waals surface area contributed by atoms with Gasteiger partial charge in [-0.25, -0.2) is 9.97 Å². The van der Waals surface area contributed by atoms with Crippen molar-refractivity contribution in [1.82, 2.24) is 19.9 Å². The van der Waals surface area contributed by atoms with E-state index in [0.717, 1.165) is 11.4 Å². The van der Waals surface area contributed by atoms with Crippen molar-refractivity contribution in [1.29, 1.82) is 0 Å². The molecule has 0 bridgehead atoms. The molecule has 0 atom stereocenters. The fraction of sp³-hybridized carbons (Fsp3) is 0.500.